The van der Waals surface area contributed by atoms with Gasteiger partial charge in [-0.1, -0.05) is 38.6 Å². The molecule has 1 aliphatic heterocycles. The van der Waals surface area contributed by atoms with Gasteiger partial charge in [0.1, 0.15) is 6.54 Å². The van der Waals surface area contributed by atoms with Crippen LogP contribution in [0.2, 0.25) is 0 Å². The summed E-state index contributed by atoms with van der Waals surface area (Å²) in [5, 5.41) is 0. The fourth-order valence-electron chi connectivity index (χ4n) is 2.87. The number of carbonyl (C=O) groups excluding carboxylic acids is 1. The number of anilines is 1. The zero-order valence-electron chi connectivity index (χ0n) is 12.9. The molecule has 0 saturated carbocycles. The maximum atomic E-state index is 12.4. The second-order valence-electron chi connectivity index (χ2n) is 5.74. The van der Waals surface area contributed by atoms with Gasteiger partial charge in [0.2, 0.25) is 5.91 Å². The Kier molecular flexibility index (Phi) is 3.89. The summed E-state index contributed by atoms with van der Waals surface area (Å²) in [4.78, 5) is 16.3. The van der Waals surface area contributed by atoms with Gasteiger partial charge in [-0.05, 0) is 25.5 Å². The van der Waals surface area contributed by atoms with Crippen LogP contribution >= 0.6 is 0 Å². The molecule has 1 heterocycles. The van der Waals surface area contributed by atoms with E-state index < -0.39 is 0 Å². The number of allylic oxidation sites excluding steroid dienone is 1. The van der Waals surface area contributed by atoms with Gasteiger partial charge in [-0.15, -0.1) is 0 Å². The first kappa shape index (κ1) is 14.6. The van der Waals surface area contributed by atoms with E-state index in [4.69, 9.17) is 0 Å². The van der Waals surface area contributed by atoms with E-state index >= 15 is 0 Å². The van der Waals surface area contributed by atoms with Crippen molar-refractivity contribution in [1.29, 1.82) is 0 Å². The summed E-state index contributed by atoms with van der Waals surface area (Å²) in [7, 11) is 0. The molecule has 1 aliphatic rings. The third-order valence-electron chi connectivity index (χ3n) is 4.32. The summed E-state index contributed by atoms with van der Waals surface area (Å²) in [6, 6.07) is 8.26. The first-order valence-electron chi connectivity index (χ1n) is 7.27. The van der Waals surface area contributed by atoms with Crippen LogP contribution in [0.4, 0.5) is 5.69 Å². The summed E-state index contributed by atoms with van der Waals surface area (Å²) < 4.78 is 0. The smallest absolute Gasteiger partial charge is 0.242 e. The summed E-state index contributed by atoms with van der Waals surface area (Å²) >= 11 is 0. The number of para-hydroxylation sites is 1. The lowest BCUT2D eigenvalue weighted by Crippen LogP contribution is -2.40. The lowest BCUT2D eigenvalue weighted by Gasteiger charge is -2.28. The molecule has 0 aromatic heterocycles. The van der Waals surface area contributed by atoms with E-state index in [0.29, 0.717) is 6.54 Å². The van der Waals surface area contributed by atoms with Crippen LogP contribution in [-0.2, 0) is 10.2 Å². The Morgan fingerprint density at radius 3 is 2.45 bits per heavy atom. The maximum Gasteiger partial charge on any atom is 0.242 e. The lowest BCUT2D eigenvalue weighted by molar-refractivity contribution is -0.129. The van der Waals surface area contributed by atoms with Crippen molar-refractivity contribution in [3.63, 3.8) is 0 Å². The van der Waals surface area contributed by atoms with Crippen LogP contribution in [0.25, 0.3) is 0 Å². The normalized spacial score (nSPS) is 16.2. The first-order chi connectivity index (χ1) is 9.43. The largest absolute Gasteiger partial charge is 0.342 e. The van der Waals surface area contributed by atoms with Crippen LogP contribution < -0.4 is 4.90 Å². The molecular weight excluding hydrogens is 248 g/mol. The van der Waals surface area contributed by atoms with Crippen LogP contribution in [0.5, 0.6) is 0 Å². The molecule has 0 aliphatic carbocycles. The minimum absolute atomic E-state index is 0.111. The summed E-state index contributed by atoms with van der Waals surface area (Å²) in [6.45, 7) is 14.4. The van der Waals surface area contributed by atoms with Crippen molar-refractivity contribution in [3.05, 3.63) is 42.1 Å². The molecule has 3 nitrogen and oxygen atoms in total. The predicted octanol–water partition coefficient (Wildman–Crippen LogP) is 3.17. The molecule has 20 heavy (non-hydrogen) atoms. The molecule has 0 bridgehead atoms. The Hall–Kier alpha value is -1.77. The molecule has 0 fully saturated rings. The quantitative estimate of drug-likeness (QED) is 0.840. The molecular formula is C17H24N2O. The van der Waals surface area contributed by atoms with E-state index in [1.807, 2.05) is 30.9 Å². The predicted molar refractivity (Wildman–Crippen MR) is 83.9 cm³/mol. The standard InChI is InChI=1S/C17H24N2O/c1-6-18(7-2)16(20)12-19-13(3)17(4,5)14-10-8-9-11-15(14)19/h8-11H,3,6-7,12H2,1-2,4-5H3. The first-order valence-corrected chi connectivity index (χ1v) is 7.27. The lowest BCUT2D eigenvalue weighted by atomic mass is 9.84. The summed E-state index contributed by atoms with van der Waals surface area (Å²) in [5.41, 5.74) is 3.25. The van der Waals surface area contributed by atoms with Gasteiger partial charge in [0, 0.05) is 29.9 Å². The van der Waals surface area contributed by atoms with Crippen LogP contribution in [-0.4, -0.2) is 30.4 Å². The van der Waals surface area contributed by atoms with E-state index in [9.17, 15) is 4.79 Å². The van der Waals surface area contributed by atoms with Crippen molar-refractivity contribution in [3.8, 4) is 0 Å². The van der Waals surface area contributed by atoms with Gasteiger partial charge in [0.05, 0.1) is 0 Å². The second-order valence-corrected chi connectivity index (χ2v) is 5.74. The number of hydrogen-bond acceptors (Lipinski definition) is 2. The van der Waals surface area contributed by atoms with Gasteiger partial charge in [0.15, 0.2) is 0 Å². The molecule has 0 spiro atoms. The highest BCUT2D eigenvalue weighted by Crippen LogP contribution is 2.46. The Morgan fingerprint density at radius 2 is 1.85 bits per heavy atom. The zero-order valence-corrected chi connectivity index (χ0v) is 12.9. The van der Waals surface area contributed by atoms with E-state index in [1.165, 1.54) is 5.56 Å². The number of nitrogens with zero attached hydrogens (tertiary/aromatic N) is 2. The topological polar surface area (TPSA) is 23.6 Å². The summed E-state index contributed by atoms with van der Waals surface area (Å²) in [6.07, 6.45) is 0. The zero-order chi connectivity index (χ0) is 14.9. The monoisotopic (exact) mass is 272 g/mol. The average Bonchev–Trinajstić information content (AvgIpc) is 2.62. The Labute approximate surface area is 121 Å². The third kappa shape index (κ3) is 2.21. The summed E-state index contributed by atoms with van der Waals surface area (Å²) in [5.74, 6) is 0.156. The average molecular weight is 272 g/mol. The van der Waals surface area contributed by atoms with Crippen LogP contribution in [0.15, 0.2) is 36.5 Å². The highest BCUT2D eigenvalue weighted by molar-refractivity contribution is 5.85. The van der Waals surface area contributed by atoms with Gasteiger partial charge in [-0.2, -0.15) is 0 Å². The minimum atomic E-state index is -0.111. The van der Waals surface area contributed by atoms with Crippen molar-refractivity contribution in [2.45, 2.75) is 33.1 Å². The van der Waals surface area contributed by atoms with Crippen LogP contribution in [0, 0.1) is 0 Å². The molecule has 1 aromatic rings. The highest BCUT2D eigenvalue weighted by Gasteiger charge is 2.39. The Bertz CT molecular complexity index is 530. The number of fused-ring (bicyclic) bond motifs is 1. The van der Waals surface area contributed by atoms with Gasteiger partial charge < -0.3 is 9.80 Å². The molecule has 0 unspecified atom stereocenters. The maximum absolute atomic E-state index is 12.4. The number of benzene rings is 1. The molecule has 1 aromatic carbocycles. The van der Waals surface area contributed by atoms with Gasteiger partial charge in [0.25, 0.3) is 0 Å². The molecule has 0 atom stereocenters. The van der Waals surface area contributed by atoms with Crippen molar-refractivity contribution in [1.82, 2.24) is 4.90 Å². The van der Waals surface area contributed by atoms with Crippen molar-refractivity contribution < 1.29 is 4.79 Å². The molecule has 0 saturated heterocycles. The Morgan fingerprint density at radius 1 is 1.25 bits per heavy atom. The number of carbonyl (C=O) groups is 1. The second kappa shape index (κ2) is 5.31. The van der Waals surface area contributed by atoms with Crippen LogP contribution in [0.1, 0.15) is 33.3 Å². The molecule has 3 heteroatoms. The fourth-order valence-corrected chi connectivity index (χ4v) is 2.87. The highest BCUT2D eigenvalue weighted by atomic mass is 16.2. The SMILES string of the molecule is C=C1N(CC(=O)N(CC)CC)c2ccccc2C1(C)C. The number of rotatable bonds is 4. The molecule has 108 valence electrons. The minimum Gasteiger partial charge on any atom is -0.342 e. The fraction of sp³-hybridized carbons (Fsp3) is 0.471. The third-order valence-corrected chi connectivity index (χ3v) is 4.32. The van der Waals surface area contributed by atoms with Gasteiger partial charge in [-0.25, -0.2) is 0 Å². The van der Waals surface area contributed by atoms with Crippen molar-refractivity contribution in [2.75, 3.05) is 24.5 Å². The van der Waals surface area contributed by atoms with E-state index in [-0.39, 0.29) is 11.3 Å². The number of amides is 1. The molecule has 2 rings (SSSR count). The Balaban J connectivity index is 2.30. The van der Waals surface area contributed by atoms with E-state index in [1.54, 1.807) is 0 Å². The van der Waals surface area contributed by atoms with E-state index in [0.717, 1.165) is 24.5 Å². The molecule has 1 amide bonds. The number of likely N-dealkylation sites (N-methyl/N-ethyl adjacent to an activating group) is 1. The van der Waals surface area contributed by atoms with E-state index in [2.05, 4.69) is 37.5 Å². The van der Waals surface area contributed by atoms with Crippen molar-refractivity contribution in [2.24, 2.45) is 0 Å². The number of hydrogen-bond donors (Lipinski definition) is 0. The molecule has 0 N–H and O–H groups in total. The van der Waals surface area contributed by atoms with Crippen LogP contribution in [0.3, 0.4) is 0 Å². The van der Waals surface area contributed by atoms with Gasteiger partial charge >= 0.3 is 0 Å². The van der Waals surface area contributed by atoms with Gasteiger partial charge in [-0.3, -0.25) is 4.79 Å². The van der Waals surface area contributed by atoms with Crippen molar-refractivity contribution >= 4 is 11.6 Å². The molecule has 0 radical (unpaired) electrons.